The quantitative estimate of drug-likeness (QED) is 0.726. The van der Waals surface area contributed by atoms with Crippen LogP contribution in [0.25, 0.3) is 6.08 Å². The van der Waals surface area contributed by atoms with E-state index in [-0.39, 0.29) is 24.4 Å². The molecular weight excluding hydrogens is 368 g/mol. The third-order valence-corrected chi connectivity index (χ3v) is 5.92. The van der Waals surface area contributed by atoms with Gasteiger partial charge >= 0.3 is 0 Å². The van der Waals surface area contributed by atoms with Crippen LogP contribution in [0.3, 0.4) is 0 Å². The Hall–Kier alpha value is -2.53. The molecular formula is C23H26N2O2S. The molecule has 146 valence electrons. The Morgan fingerprint density at radius 3 is 2.54 bits per heavy atom. The highest BCUT2D eigenvalue weighted by atomic mass is 32.2. The minimum absolute atomic E-state index is 0.0207. The van der Waals surface area contributed by atoms with E-state index in [1.54, 1.807) is 4.90 Å². The Morgan fingerprint density at radius 2 is 1.86 bits per heavy atom. The Kier molecular flexibility index (Phi) is 6.57. The summed E-state index contributed by atoms with van der Waals surface area (Å²) in [6.45, 7) is 6.12. The number of fused-ring (bicyclic) bond motifs is 1. The van der Waals surface area contributed by atoms with Crippen molar-refractivity contribution in [3.05, 3.63) is 64.6 Å². The summed E-state index contributed by atoms with van der Waals surface area (Å²) in [5.41, 5.74) is 3.03. The van der Waals surface area contributed by atoms with Crippen LogP contribution in [0.4, 0.5) is 5.69 Å². The average Bonchev–Trinajstić information content (AvgIpc) is 2.71. The van der Waals surface area contributed by atoms with E-state index >= 15 is 0 Å². The molecule has 1 unspecified atom stereocenters. The summed E-state index contributed by atoms with van der Waals surface area (Å²) >= 11 is 1.46. The second-order valence-electron chi connectivity index (χ2n) is 6.94. The zero-order chi connectivity index (χ0) is 20.1. The van der Waals surface area contributed by atoms with Gasteiger partial charge in [-0.25, -0.2) is 0 Å². The van der Waals surface area contributed by atoms with Crippen LogP contribution in [0.1, 0.15) is 38.3 Å². The predicted octanol–water partition coefficient (Wildman–Crippen LogP) is 4.64. The second kappa shape index (κ2) is 9.11. The molecule has 1 atom stereocenters. The molecule has 0 bridgehead atoms. The van der Waals surface area contributed by atoms with Crippen LogP contribution < -0.4 is 10.2 Å². The number of thioether (sulfide) groups is 1. The number of carbonyl (C=O) groups is 2. The van der Waals surface area contributed by atoms with Crippen LogP contribution in [0.5, 0.6) is 0 Å². The zero-order valence-corrected chi connectivity index (χ0v) is 17.4. The van der Waals surface area contributed by atoms with Gasteiger partial charge in [0.25, 0.3) is 5.91 Å². The molecule has 1 heterocycles. The van der Waals surface area contributed by atoms with Gasteiger partial charge in [0.1, 0.15) is 6.54 Å². The Bertz CT molecular complexity index is 890. The number of rotatable bonds is 6. The van der Waals surface area contributed by atoms with Crippen LogP contribution in [-0.2, 0) is 16.0 Å². The van der Waals surface area contributed by atoms with Crippen LogP contribution in [-0.4, -0.2) is 24.4 Å². The van der Waals surface area contributed by atoms with Gasteiger partial charge in [-0.2, -0.15) is 0 Å². The van der Waals surface area contributed by atoms with Crippen molar-refractivity contribution in [2.45, 2.75) is 44.6 Å². The van der Waals surface area contributed by atoms with Crippen LogP contribution in [0.2, 0.25) is 0 Å². The molecule has 0 saturated carbocycles. The predicted molar refractivity (Wildman–Crippen MR) is 116 cm³/mol. The van der Waals surface area contributed by atoms with Crippen molar-refractivity contribution in [3.8, 4) is 0 Å². The summed E-state index contributed by atoms with van der Waals surface area (Å²) < 4.78 is 0. The number of para-hydroxylation sites is 1. The summed E-state index contributed by atoms with van der Waals surface area (Å²) in [5.74, 6) is -0.279. The van der Waals surface area contributed by atoms with Gasteiger partial charge in [0.05, 0.1) is 10.6 Å². The van der Waals surface area contributed by atoms with Crippen molar-refractivity contribution < 1.29 is 9.59 Å². The van der Waals surface area contributed by atoms with Crippen molar-refractivity contribution in [1.29, 1.82) is 0 Å². The largest absolute Gasteiger partial charge is 0.352 e. The summed E-state index contributed by atoms with van der Waals surface area (Å²) in [7, 11) is 0. The lowest BCUT2D eigenvalue weighted by Crippen LogP contribution is -2.44. The van der Waals surface area contributed by atoms with Gasteiger partial charge in [-0.15, -0.1) is 0 Å². The second-order valence-corrected chi connectivity index (χ2v) is 8.03. The molecule has 2 amide bonds. The number of amides is 2. The molecule has 0 aromatic heterocycles. The standard InChI is InChI=1S/C23H26N2O2S/c1-4-16(3)24-22(26)15-25-19-8-6-7-9-20(19)28-21(23(25)27)14-18-12-10-17(5-2)11-13-18/h6-14,16H,4-5,15H2,1-3H3,(H,24,26)/b21-14+. The summed E-state index contributed by atoms with van der Waals surface area (Å²) in [5, 5.41) is 2.95. The highest BCUT2D eigenvalue weighted by molar-refractivity contribution is 8.04. The molecule has 0 saturated heterocycles. The highest BCUT2D eigenvalue weighted by Gasteiger charge is 2.30. The fourth-order valence-electron chi connectivity index (χ4n) is 2.99. The number of aryl methyl sites for hydroxylation is 1. The Labute approximate surface area is 171 Å². The van der Waals surface area contributed by atoms with Crippen LogP contribution in [0, 0.1) is 0 Å². The maximum atomic E-state index is 13.2. The van der Waals surface area contributed by atoms with E-state index in [4.69, 9.17) is 0 Å². The van der Waals surface area contributed by atoms with Gasteiger partial charge in [0, 0.05) is 10.9 Å². The molecule has 0 spiro atoms. The zero-order valence-electron chi connectivity index (χ0n) is 16.6. The molecule has 3 rings (SSSR count). The van der Waals surface area contributed by atoms with Crippen molar-refractivity contribution in [3.63, 3.8) is 0 Å². The first-order valence-corrected chi connectivity index (χ1v) is 10.5. The van der Waals surface area contributed by atoms with E-state index in [2.05, 4.69) is 24.4 Å². The first-order valence-electron chi connectivity index (χ1n) is 9.70. The van der Waals surface area contributed by atoms with E-state index in [1.807, 2.05) is 56.3 Å². The number of benzene rings is 2. The van der Waals surface area contributed by atoms with Crippen LogP contribution >= 0.6 is 11.8 Å². The molecule has 1 aliphatic rings. The molecule has 0 fully saturated rings. The van der Waals surface area contributed by atoms with Crippen molar-refractivity contribution in [2.75, 3.05) is 11.4 Å². The molecule has 1 N–H and O–H groups in total. The van der Waals surface area contributed by atoms with Gasteiger partial charge in [-0.05, 0) is 49.1 Å². The van der Waals surface area contributed by atoms with E-state index < -0.39 is 0 Å². The molecule has 2 aromatic carbocycles. The smallest absolute Gasteiger partial charge is 0.265 e. The van der Waals surface area contributed by atoms with Crippen molar-refractivity contribution in [1.82, 2.24) is 5.32 Å². The fraction of sp³-hybridized carbons (Fsp3) is 0.304. The number of hydrogen-bond donors (Lipinski definition) is 1. The van der Waals surface area contributed by atoms with Crippen molar-refractivity contribution in [2.24, 2.45) is 0 Å². The van der Waals surface area contributed by atoms with E-state index in [9.17, 15) is 9.59 Å². The number of nitrogens with zero attached hydrogens (tertiary/aromatic N) is 1. The minimum atomic E-state index is -0.143. The highest BCUT2D eigenvalue weighted by Crippen LogP contribution is 2.41. The summed E-state index contributed by atoms with van der Waals surface area (Å²) in [4.78, 5) is 28.8. The molecule has 0 radical (unpaired) electrons. The minimum Gasteiger partial charge on any atom is -0.352 e. The van der Waals surface area contributed by atoms with Crippen LogP contribution in [0.15, 0.2) is 58.3 Å². The molecule has 0 aliphatic carbocycles. The van der Waals surface area contributed by atoms with Gasteiger partial charge < -0.3 is 5.32 Å². The van der Waals surface area contributed by atoms with Gasteiger partial charge in [0.2, 0.25) is 5.91 Å². The maximum absolute atomic E-state index is 13.2. The summed E-state index contributed by atoms with van der Waals surface area (Å²) in [6.07, 6.45) is 3.74. The van der Waals surface area contributed by atoms with Gasteiger partial charge in [0.15, 0.2) is 0 Å². The van der Waals surface area contributed by atoms with Crippen molar-refractivity contribution >= 4 is 35.3 Å². The normalized spacial score (nSPS) is 16.0. The SMILES string of the molecule is CCc1ccc(/C=C2/Sc3ccccc3N(CC(=O)NC(C)CC)C2=O)cc1. The molecule has 1 aliphatic heterocycles. The lowest BCUT2D eigenvalue weighted by molar-refractivity contribution is -0.122. The van der Waals surface area contributed by atoms with E-state index in [0.717, 1.165) is 29.0 Å². The topological polar surface area (TPSA) is 49.4 Å². The van der Waals surface area contributed by atoms with Gasteiger partial charge in [-0.3, -0.25) is 14.5 Å². The maximum Gasteiger partial charge on any atom is 0.265 e. The first kappa shape index (κ1) is 20.2. The first-order chi connectivity index (χ1) is 13.5. The van der Waals surface area contributed by atoms with E-state index in [0.29, 0.717) is 4.91 Å². The number of carbonyl (C=O) groups excluding carboxylic acids is 2. The van der Waals surface area contributed by atoms with E-state index in [1.165, 1.54) is 17.3 Å². The Balaban J connectivity index is 1.89. The molecule has 2 aromatic rings. The summed E-state index contributed by atoms with van der Waals surface area (Å²) in [6, 6.07) is 16.0. The van der Waals surface area contributed by atoms with Gasteiger partial charge in [-0.1, -0.05) is 62.0 Å². The number of nitrogens with one attached hydrogen (secondary N) is 1. The number of anilines is 1. The lowest BCUT2D eigenvalue weighted by Gasteiger charge is -2.30. The molecule has 28 heavy (non-hydrogen) atoms. The Morgan fingerprint density at radius 1 is 1.14 bits per heavy atom. The third-order valence-electron chi connectivity index (χ3n) is 4.84. The average molecular weight is 395 g/mol. The molecule has 4 nitrogen and oxygen atoms in total. The fourth-order valence-corrected chi connectivity index (χ4v) is 4.05. The number of hydrogen-bond acceptors (Lipinski definition) is 3. The monoisotopic (exact) mass is 394 g/mol. The lowest BCUT2D eigenvalue weighted by atomic mass is 10.1. The molecule has 5 heteroatoms. The third kappa shape index (κ3) is 4.65.